The number of methoxy groups -OCH3 is 1. The van der Waals surface area contributed by atoms with Gasteiger partial charge in [-0.1, -0.05) is 5.16 Å². The molecule has 2 aromatic heterocycles. The van der Waals surface area contributed by atoms with Gasteiger partial charge >= 0.3 is 12.1 Å². The molecule has 0 spiro atoms. The van der Waals surface area contributed by atoms with Gasteiger partial charge in [0, 0.05) is 24.5 Å². The summed E-state index contributed by atoms with van der Waals surface area (Å²) in [6.45, 7) is 0.582. The maximum absolute atomic E-state index is 12.8. The monoisotopic (exact) mass is 407 g/mol. The Bertz CT molecular complexity index is 1010. The van der Waals surface area contributed by atoms with Crippen molar-refractivity contribution >= 4 is 12.3 Å². The molecule has 2 heterocycles. The van der Waals surface area contributed by atoms with Crippen LogP contribution in [0.25, 0.3) is 28.7 Å². The van der Waals surface area contributed by atoms with Crippen molar-refractivity contribution in [1.82, 2.24) is 20.1 Å². The highest BCUT2D eigenvalue weighted by Gasteiger charge is 2.38. The van der Waals surface area contributed by atoms with Crippen LogP contribution in [0, 0.1) is 5.41 Å². The number of imidazole rings is 1. The summed E-state index contributed by atoms with van der Waals surface area (Å²) < 4.78 is 53.2. The van der Waals surface area contributed by atoms with Crippen molar-refractivity contribution in [2.24, 2.45) is 0 Å². The first-order valence-corrected chi connectivity index (χ1v) is 8.31. The van der Waals surface area contributed by atoms with E-state index in [-0.39, 0.29) is 18.0 Å². The molecule has 11 heteroatoms. The molecule has 0 aliphatic rings. The van der Waals surface area contributed by atoms with Crippen molar-refractivity contribution < 1.29 is 27.2 Å². The van der Waals surface area contributed by atoms with Gasteiger partial charge in [-0.05, 0) is 30.4 Å². The minimum atomic E-state index is -4.74. The first-order chi connectivity index (χ1) is 13.9. The molecular weight excluding hydrogens is 391 g/mol. The lowest BCUT2D eigenvalue weighted by Crippen LogP contribution is -2.05. The predicted octanol–water partition coefficient (Wildman–Crippen LogP) is 3.83. The molecule has 0 aliphatic carbocycles. The third kappa shape index (κ3) is 5.08. The molecule has 3 rings (SSSR count). The number of aromatic nitrogens is 4. The fraction of sp³-hybridized carbons (Fsp3) is 0.222. The molecule has 0 unspecified atom stereocenters. The fourth-order valence-corrected chi connectivity index (χ4v) is 2.37. The zero-order valence-electron chi connectivity index (χ0n) is 15.2. The number of benzene rings is 1. The molecule has 0 bridgehead atoms. The van der Waals surface area contributed by atoms with Gasteiger partial charge in [-0.15, -0.1) is 0 Å². The highest BCUT2D eigenvalue weighted by Crippen LogP contribution is 2.33. The van der Waals surface area contributed by atoms with Crippen molar-refractivity contribution in [3.63, 3.8) is 0 Å². The third-order valence-corrected chi connectivity index (χ3v) is 3.65. The van der Waals surface area contributed by atoms with E-state index in [1.54, 1.807) is 24.4 Å². The Morgan fingerprint density at radius 1 is 1.21 bits per heavy atom. The van der Waals surface area contributed by atoms with Crippen LogP contribution < -0.4 is 4.74 Å². The number of halogens is 3. The van der Waals surface area contributed by atoms with Crippen LogP contribution in [-0.2, 0) is 10.9 Å². The molecule has 8 nitrogen and oxygen atoms in total. The largest absolute Gasteiger partial charge is 0.491 e. The maximum Gasteiger partial charge on any atom is 0.471 e. The van der Waals surface area contributed by atoms with Crippen molar-refractivity contribution in [1.29, 1.82) is 5.41 Å². The van der Waals surface area contributed by atoms with Crippen LogP contribution in [0.2, 0.25) is 0 Å². The second-order valence-electron chi connectivity index (χ2n) is 5.72. The van der Waals surface area contributed by atoms with Gasteiger partial charge in [-0.25, -0.2) is 4.98 Å². The lowest BCUT2D eigenvalue weighted by molar-refractivity contribution is -0.159. The predicted molar refractivity (Wildman–Crippen MR) is 97.5 cm³/mol. The Hall–Kier alpha value is -3.47. The van der Waals surface area contributed by atoms with Gasteiger partial charge in [0.1, 0.15) is 18.2 Å². The molecule has 0 saturated carbocycles. The number of H-pyrrole nitrogens is 1. The van der Waals surface area contributed by atoms with Gasteiger partial charge in [-0.3, -0.25) is 0 Å². The zero-order valence-corrected chi connectivity index (χ0v) is 15.2. The molecule has 2 N–H and O–H groups in total. The highest BCUT2D eigenvalue weighted by atomic mass is 19.4. The number of hydrogen-bond donors (Lipinski definition) is 2. The molecule has 29 heavy (non-hydrogen) atoms. The smallest absolute Gasteiger partial charge is 0.471 e. The molecular formula is C18H16F3N5O3. The van der Waals surface area contributed by atoms with Crippen molar-refractivity contribution in [2.45, 2.75) is 6.18 Å². The number of rotatable bonds is 8. The number of allylic oxidation sites excluding steroid dienone is 1. The van der Waals surface area contributed by atoms with E-state index >= 15 is 0 Å². The Labute approximate surface area is 162 Å². The van der Waals surface area contributed by atoms with Gasteiger partial charge in [0.25, 0.3) is 0 Å². The van der Waals surface area contributed by atoms with E-state index in [0.29, 0.717) is 29.4 Å². The molecule has 1 aromatic carbocycles. The van der Waals surface area contributed by atoms with Crippen LogP contribution in [0.3, 0.4) is 0 Å². The van der Waals surface area contributed by atoms with E-state index in [4.69, 9.17) is 14.9 Å². The van der Waals surface area contributed by atoms with Gasteiger partial charge in [-0.2, -0.15) is 18.2 Å². The van der Waals surface area contributed by atoms with Crippen molar-refractivity contribution in [3.8, 4) is 28.4 Å². The second kappa shape index (κ2) is 8.69. The third-order valence-electron chi connectivity index (χ3n) is 3.65. The molecule has 152 valence electrons. The van der Waals surface area contributed by atoms with Gasteiger partial charge in [0.15, 0.2) is 0 Å². The van der Waals surface area contributed by atoms with E-state index in [1.165, 1.54) is 19.3 Å². The van der Waals surface area contributed by atoms with Crippen LogP contribution >= 0.6 is 0 Å². The normalized spacial score (nSPS) is 11.9. The van der Waals surface area contributed by atoms with E-state index in [0.717, 1.165) is 6.21 Å². The summed E-state index contributed by atoms with van der Waals surface area (Å²) in [5, 5.41) is 10.4. The van der Waals surface area contributed by atoms with Gasteiger partial charge < -0.3 is 24.4 Å². The van der Waals surface area contributed by atoms with E-state index in [1.807, 2.05) is 0 Å². The summed E-state index contributed by atoms with van der Waals surface area (Å²) in [7, 11) is 1.52. The number of alkyl halides is 3. The lowest BCUT2D eigenvalue weighted by Gasteiger charge is -2.09. The summed E-state index contributed by atoms with van der Waals surface area (Å²) in [5.74, 6) is -0.756. The SMILES string of the molecule is COCCOc1cc(-c2noc(C(F)(F)F)n2)cc(-c2cnc(/C=C\C=N)[nH]2)c1. The number of hydrogen-bond acceptors (Lipinski definition) is 7. The molecule has 3 aromatic rings. The summed E-state index contributed by atoms with van der Waals surface area (Å²) in [4.78, 5) is 10.6. The molecule has 0 radical (unpaired) electrons. The van der Waals surface area contributed by atoms with E-state index < -0.39 is 12.1 Å². The fourth-order valence-electron chi connectivity index (χ4n) is 2.37. The number of aromatic amines is 1. The standard InChI is InChI=1S/C18H16F3N5O3/c1-27-5-6-28-13-8-11(14-10-23-15(24-14)3-2-4-22)7-12(9-13)16-25-17(29-26-16)18(19,20)21/h2-4,7-10,22H,5-6H2,1H3,(H,23,24)/b3-2-,22-4?. The van der Waals surface area contributed by atoms with Crippen LogP contribution in [0.1, 0.15) is 11.7 Å². The topological polar surface area (TPSA) is 110 Å². The van der Waals surface area contributed by atoms with Gasteiger partial charge in [0.05, 0.1) is 18.5 Å². The average molecular weight is 407 g/mol. The van der Waals surface area contributed by atoms with E-state index in [2.05, 4.69) is 24.6 Å². The summed E-state index contributed by atoms with van der Waals surface area (Å²) >= 11 is 0. The quantitative estimate of drug-likeness (QED) is 0.434. The number of nitrogens with one attached hydrogen (secondary N) is 2. The van der Waals surface area contributed by atoms with Crippen LogP contribution in [0.5, 0.6) is 5.75 Å². The molecule has 0 saturated heterocycles. The van der Waals surface area contributed by atoms with Crippen molar-refractivity contribution in [3.05, 3.63) is 42.2 Å². The molecule has 0 aliphatic heterocycles. The second-order valence-corrected chi connectivity index (χ2v) is 5.72. The van der Waals surface area contributed by atoms with Crippen LogP contribution in [0.4, 0.5) is 13.2 Å². The number of ether oxygens (including phenoxy) is 2. The minimum absolute atomic E-state index is 0.223. The summed E-state index contributed by atoms with van der Waals surface area (Å²) in [5.41, 5.74) is 1.46. The lowest BCUT2D eigenvalue weighted by atomic mass is 10.1. The Morgan fingerprint density at radius 2 is 2.00 bits per heavy atom. The van der Waals surface area contributed by atoms with Crippen molar-refractivity contribution in [2.75, 3.05) is 20.3 Å². The van der Waals surface area contributed by atoms with Gasteiger partial charge in [0.2, 0.25) is 5.82 Å². The maximum atomic E-state index is 12.8. The Morgan fingerprint density at radius 3 is 2.69 bits per heavy atom. The molecule has 0 fully saturated rings. The summed E-state index contributed by atoms with van der Waals surface area (Å²) in [6.07, 6.45) is 1.03. The molecule has 0 amide bonds. The van der Waals surface area contributed by atoms with Crippen LogP contribution in [0.15, 0.2) is 35.0 Å². The minimum Gasteiger partial charge on any atom is -0.491 e. The Kier molecular flexibility index (Phi) is 6.07. The highest BCUT2D eigenvalue weighted by molar-refractivity contribution is 5.75. The number of nitrogens with zero attached hydrogens (tertiary/aromatic N) is 3. The average Bonchev–Trinajstić information content (AvgIpc) is 3.36. The molecule has 0 atom stereocenters. The first kappa shape index (κ1) is 20.3. The van der Waals surface area contributed by atoms with Crippen LogP contribution in [-0.4, -0.2) is 46.6 Å². The Balaban J connectivity index is 1.99. The summed E-state index contributed by atoms with van der Waals surface area (Å²) in [6, 6.07) is 4.80. The van der Waals surface area contributed by atoms with E-state index in [9.17, 15) is 13.2 Å². The zero-order chi connectivity index (χ0) is 20.9. The first-order valence-electron chi connectivity index (χ1n) is 8.31.